The van der Waals surface area contributed by atoms with E-state index in [2.05, 4.69) is 26.3 Å². The van der Waals surface area contributed by atoms with Crippen LogP contribution in [0, 0.1) is 6.92 Å². The van der Waals surface area contributed by atoms with Gasteiger partial charge in [0.05, 0.1) is 6.54 Å². The topological polar surface area (TPSA) is 247 Å². The second-order valence-corrected chi connectivity index (χ2v) is 12.6. The molecule has 4 amide bonds. The highest BCUT2D eigenvalue weighted by molar-refractivity contribution is 5.99. The number of anilines is 1. The lowest BCUT2D eigenvalue weighted by Gasteiger charge is -2.23. The maximum atomic E-state index is 13.3. The monoisotopic (exact) mass is 707 g/mol. The molecule has 8 N–H and O–H groups in total. The summed E-state index contributed by atoms with van der Waals surface area (Å²) < 4.78 is 15.8. The van der Waals surface area contributed by atoms with Crippen LogP contribution in [0.2, 0.25) is 0 Å². The smallest absolute Gasteiger partial charge is 0.408 e. The van der Waals surface area contributed by atoms with E-state index in [1.165, 1.54) is 12.1 Å². The number of hydrogen-bond donors (Lipinski definition) is 6. The number of nitrogens with zero attached hydrogens (tertiary/aromatic N) is 1. The number of carbonyl (C=O) groups excluding carboxylic acids is 5. The van der Waals surface area contributed by atoms with E-state index < -0.39 is 59.6 Å². The molecule has 0 spiro atoms. The predicted octanol–water partition coefficient (Wildman–Crippen LogP) is 2.11. The number of guanidine groups is 1. The molecule has 0 saturated carbocycles. The minimum Gasteiger partial charge on any atom is -0.461 e. The summed E-state index contributed by atoms with van der Waals surface area (Å²) in [6.07, 6.45) is -0.829. The molecule has 16 nitrogen and oxygen atoms in total. The fraction of sp³-hybridized carbons (Fsp3) is 0.400. The van der Waals surface area contributed by atoms with Crippen LogP contribution in [0.4, 0.5) is 10.5 Å². The number of rotatable bonds is 16. The Morgan fingerprint density at radius 2 is 1.63 bits per heavy atom. The molecule has 0 saturated heterocycles. The largest absolute Gasteiger partial charge is 0.461 e. The summed E-state index contributed by atoms with van der Waals surface area (Å²) in [6.45, 7) is 6.36. The number of carbonyl (C=O) groups is 5. The van der Waals surface area contributed by atoms with Crippen molar-refractivity contribution in [1.29, 1.82) is 0 Å². The Morgan fingerprint density at radius 1 is 0.922 bits per heavy atom. The zero-order chi connectivity index (χ0) is 37.6. The third kappa shape index (κ3) is 14.2. The summed E-state index contributed by atoms with van der Waals surface area (Å²) in [6, 6.07) is 12.9. The van der Waals surface area contributed by atoms with Crippen molar-refractivity contribution in [1.82, 2.24) is 16.0 Å². The first-order valence-electron chi connectivity index (χ1n) is 16.3. The third-order valence-corrected chi connectivity index (χ3v) is 7.13. The van der Waals surface area contributed by atoms with Gasteiger partial charge in [0.15, 0.2) is 5.96 Å². The van der Waals surface area contributed by atoms with Crippen molar-refractivity contribution in [2.75, 3.05) is 18.4 Å². The van der Waals surface area contributed by atoms with Gasteiger partial charge in [0, 0.05) is 36.2 Å². The maximum absolute atomic E-state index is 13.3. The van der Waals surface area contributed by atoms with Gasteiger partial charge in [-0.25, -0.2) is 9.59 Å². The van der Waals surface area contributed by atoms with Crippen molar-refractivity contribution in [2.24, 2.45) is 16.5 Å². The summed E-state index contributed by atoms with van der Waals surface area (Å²) in [5.41, 5.74) is 11.5. The standard InChI is InChI=1S/C35H45N7O9/c1-21-17-30(45)50-27-18-23(12-13-24(21)27)40-32(47)25(11-8-16-38-33(36)37)41-28(43)19-39-31(46)26(42-34(48)51-35(2,3)4)14-15-29(44)49-20-22-9-6-5-7-10-22/h5-7,9-10,12-13,17-18,25-26H,8,11,14-16,19-20H2,1-4H3,(H,39,46)(H,40,47)(H,41,43)(H,42,48)(H4,36,37,38)/t25-,26+/m0/s1. The molecule has 51 heavy (non-hydrogen) atoms. The van der Waals surface area contributed by atoms with Gasteiger partial charge in [0.2, 0.25) is 17.7 Å². The summed E-state index contributed by atoms with van der Waals surface area (Å²) in [5.74, 6) is -2.81. The number of benzene rings is 2. The zero-order valence-corrected chi connectivity index (χ0v) is 29.1. The van der Waals surface area contributed by atoms with Gasteiger partial charge in [-0.1, -0.05) is 30.3 Å². The molecule has 0 aliphatic heterocycles. The second-order valence-electron chi connectivity index (χ2n) is 12.6. The summed E-state index contributed by atoms with van der Waals surface area (Å²) in [7, 11) is 0. The normalized spacial score (nSPS) is 12.2. The van der Waals surface area contributed by atoms with Crippen LogP contribution in [0.25, 0.3) is 11.0 Å². The lowest BCUT2D eigenvalue weighted by molar-refractivity contribution is -0.145. The summed E-state index contributed by atoms with van der Waals surface area (Å²) in [5, 5.41) is 10.9. The Morgan fingerprint density at radius 3 is 2.31 bits per heavy atom. The second kappa shape index (κ2) is 18.7. The number of nitrogens with two attached hydrogens (primary N) is 2. The molecule has 0 radical (unpaired) electrons. The van der Waals surface area contributed by atoms with Crippen molar-refractivity contribution in [3.63, 3.8) is 0 Å². The van der Waals surface area contributed by atoms with Gasteiger partial charge < -0.3 is 46.6 Å². The first-order valence-corrected chi connectivity index (χ1v) is 16.3. The Hall–Kier alpha value is -5.93. The van der Waals surface area contributed by atoms with Gasteiger partial charge >= 0.3 is 17.7 Å². The van der Waals surface area contributed by atoms with Gasteiger partial charge in [0.1, 0.15) is 29.9 Å². The van der Waals surface area contributed by atoms with E-state index in [0.29, 0.717) is 23.1 Å². The number of ether oxygens (including phenoxy) is 2. The minimum atomic E-state index is -1.26. The van der Waals surface area contributed by atoms with Crippen molar-refractivity contribution < 1.29 is 37.9 Å². The first-order chi connectivity index (χ1) is 24.1. The average Bonchev–Trinajstić information content (AvgIpc) is 3.05. The van der Waals surface area contributed by atoms with E-state index in [9.17, 15) is 28.8 Å². The third-order valence-electron chi connectivity index (χ3n) is 7.13. The van der Waals surface area contributed by atoms with Gasteiger partial charge in [-0.15, -0.1) is 0 Å². The molecule has 0 fully saturated rings. The molecule has 0 aliphatic carbocycles. The highest BCUT2D eigenvalue weighted by Gasteiger charge is 2.27. The number of esters is 1. The van der Waals surface area contributed by atoms with Crippen LogP contribution in [0.15, 0.2) is 68.8 Å². The molecule has 3 rings (SSSR count). The van der Waals surface area contributed by atoms with Crippen molar-refractivity contribution in [3.8, 4) is 0 Å². The fourth-order valence-electron chi connectivity index (χ4n) is 4.73. The Bertz CT molecular complexity index is 1780. The zero-order valence-electron chi connectivity index (χ0n) is 29.1. The van der Waals surface area contributed by atoms with Crippen molar-refractivity contribution in [2.45, 2.75) is 77.7 Å². The Labute approximate surface area is 294 Å². The molecular formula is C35H45N7O9. The molecular weight excluding hydrogens is 662 g/mol. The van der Waals surface area contributed by atoms with Gasteiger partial charge in [-0.3, -0.25) is 24.2 Å². The van der Waals surface area contributed by atoms with Gasteiger partial charge in [0.25, 0.3) is 0 Å². The molecule has 274 valence electrons. The lowest BCUT2D eigenvalue weighted by Crippen LogP contribution is -2.52. The maximum Gasteiger partial charge on any atom is 0.408 e. The van der Waals surface area contributed by atoms with Crippen LogP contribution in [-0.4, -0.2) is 66.5 Å². The van der Waals surface area contributed by atoms with Crippen LogP contribution in [-0.2, 0) is 35.3 Å². The van der Waals surface area contributed by atoms with Crippen molar-refractivity contribution >= 4 is 52.4 Å². The number of hydrogen-bond acceptors (Lipinski definition) is 10. The molecule has 0 aliphatic rings. The predicted molar refractivity (Wildman–Crippen MR) is 189 cm³/mol. The highest BCUT2D eigenvalue weighted by atomic mass is 16.6. The quantitative estimate of drug-likeness (QED) is 0.0414. The van der Waals surface area contributed by atoms with Crippen LogP contribution >= 0.6 is 0 Å². The van der Waals surface area contributed by atoms with E-state index in [1.807, 2.05) is 6.07 Å². The van der Waals surface area contributed by atoms with Crippen LogP contribution < -0.4 is 38.4 Å². The first kappa shape index (κ1) is 39.5. The van der Waals surface area contributed by atoms with E-state index in [4.69, 9.17) is 25.4 Å². The molecule has 0 unspecified atom stereocenters. The van der Waals surface area contributed by atoms with E-state index in [1.54, 1.807) is 64.1 Å². The lowest BCUT2D eigenvalue weighted by atomic mass is 10.1. The van der Waals surface area contributed by atoms with Gasteiger partial charge in [-0.2, -0.15) is 0 Å². The molecule has 0 bridgehead atoms. The van der Waals surface area contributed by atoms with E-state index >= 15 is 0 Å². The minimum absolute atomic E-state index is 0.0356. The SMILES string of the molecule is Cc1cc(=O)oc2cc(NC(=O)[C@H](CCCN=C(N)N)NC(=O)CNC(=O)[C@@H](CCC(=O)OCc3ccccc3)NC(=O)OC(C)(C)C)ccc12. The molecule has 2 atom stereocenters. The Kier molecular flexibility index (Phi) is 14.5. The number of aryl methyl sites for hydroxylation is 1. The number of nitrogens with one attached hydrogen (secondary N) is 4. The molecule has 1 heterocycles. The molecule has 1 aromatic heterocycles. The molecule has 16 heteroatoms. The number of fused-ring (bicyclic) bond motifs is 1. The molecule has 2 aromatic carbocycles. The van der Waals surface area contributed by atoms with Gasteiger partial charge in [-0.05, 0) is 70.2 Å². The van der Waals surface area contributed by atoms with Crippen LogP contribution in [0.5, 0.6) is 0 Å². The van der Waals surface area contributed by atoms with Crippen LogP contribution in [0.3, 0.4) is 0 Å². The van der Waals surface area contributed by atoms with Crippen LogP contribution in [0.1, 0.15) is 57.6 Å². The fourth-order valence-corrected chi connectivity index (χ4v) is 4.73. The highest BCUT2D eigenvalue weighted by Crippen LogP contribution is 2.21. The number of alkyl carbamates (subject to hydrolysis) is 1. The van der Waals surface area contributed by atoms with E-state index in [0.717, 1.165) is 5.56 Å². The number of amides is 4. The Balaban J connectivity index is 1.65. The molecule has 3 aromatic rings. The average molecular weight is 708 g/mol. The van der Waals surface area contributed by atoms with Crippen molar-refractivity contribution in [3.05, 3.63) is 76.1 Å². The summed E-state index contributed by atoms with van der Waals surface area (Å²) >= 11 is 0. The van der Waals surface area contributed by atoms with E-state index in [-0.39, 0.29) is 44.0 Å². The summed E-state index contributed by atoms with van der Waals surface area (Å²) in [4.78, 5) is 80.2. The number of aliphatic imine (C=N–C) groups is 1.